The number of anilines is 1. The average Bonchev–Trinajstić information content (AvgIpc) is 2.46. The monoisotopic (exact) mass is 262 g/mol. The van der Waals surface area contributed by atoms with Crippen LogP contribution in [0.4, 0.5) is 5.82 Å². The Labute approximate surface area is 110 Å². The van der Waals surface area contributed by atoms with Crippen LogP contribution in [0.3, 0.4) is 0 Å². The second-order valence-corrected chi connectivity index (χ2v) is 3.60. The van der Waals surface area contributed by atoms with E-state index >= 15 is 0 Å². The highest BCUT2D eigenvalue weighted by Gasteiger charge is 2.19. The lowest BCUT2D eigenvalue weighted by Crippen LogP contribution is -2.02. The standard InChI is InChI=1S/C12H14N4O3/c1-17-7-4-8(18-2)10(9(5-7)19-3)11-12(13)14-6-15-16-11/h4-6H,1-3H3,(H2,13,14,15). The molecule has 0 bridgehead atoms. The number of aromatic nitrogens is 3. The van der Waals surface area contributed by atoms with Crippen molar-refractivity contribution in [1.82, 2.24) is 15.2 Å². The maximum absolute atomic E-state index is 5.81. The van der Waals surface area contributed by atoms with Crippen LogP contribution < -0.4 is 19.9 Å². The molecule has 19 heavy (non-hydrogen) atoms. The summed E-state index contributed by atoms with van der Waals surface area (Å²) in [6, 6.07) is 3.43. The second kappa shape index (κ2) is 5.38. The van der Waals surface area contributed by atoms with E-state index in [0.717, 1.165) is 0 Å². The summed E-state index contributed by atoms with van der Waals surface area (Å²) in [7, 11) is 4.64. The Bertz CT molecular complexity index is 564. The molecule has 1 aromatic carbocycles. The van der Waals surface area contributed by atoms with Gasteiger partial charge >= 0.3 is 0 Å². The van der Waals surface area contributed by atoms with E-state index in [1.54, 1.807) is 19.2 Å². The van der Waals surface area contributed by atoms with Crippen LogP contribution in [-0.2, 0) is 0 Å². The van der Waals surface area contributed by atoms with Crippen molar-refractivity contribution in [3.8, 4) is 28.5 Å². The van der Waals surface area contributed by atoms with Crippen LogP contribution in [-0.4, -0.2) is 36.5 Å². The van der Waals surface area contributed by atoms with Gasteiger partial charge < -0.3 is 19.9 Å². The lowest BCUT2D eigenvalue weighted by atomic mass is 10.1. The summed E-state index contributed by atoms with van der Waals surface area (Å²) >= 11 is 0. The number of nitrogens with zero attached hydrogens (tertiary/aromatic N) is 3. The van der Waals surface area contributed by atoms with E-state index in [4.69, 9.17) is 19.9 Å². The summed E-state index contributed by atoms with van der Waals surface area (Å²) in [6.07, 6.45) is 1.28. The van der Waals surface area contributed by atoms with Gasteiger partial charge in [-0.3, -0.25) is 0 Å². The highest BCUT2D eigenvalue weighted by Crippen LogP contribution is 2.42. The summed E-state index contributed by atoms with van der Waals surface area (Å²) in [6.45, 7) is 0. The molecule has 2 rings (SSSR count). The Hall–Kier alpha value is -2.57. The maximum atomic E-state index is 5.81. The molecule has 0 atom stereocenters. The number of hydrogen-bond donors (Lipinski definition) is 1. The van der Waals surface area contributed by atoms with Crippen molar-refractivity contribution in [2.24, 2.45) is 0 Å². The normalized spacial score (nSPS) is 10.1. The number of nitrogen functional groups attached to an aromatic ring is 1. The summed E-state index contributed by atoms with van der Waals surface area (Å²) in [5, 5.41) is 7.71. The molecule has 0 saturated heterocycles. The Morgan fingerprint density at radius 2 is 1.63 bits per heavy atom. The van der Waals surface area contributed by atoms with Crippen molar-refractivity contribution in [3.63, 3.8) is 0 Å². The smallest absolute Gasteiger partial charge is 0.154 e. The van der Waals surface area contributed by atoms with Crippen molar-refractivity contribution < 1.29 is 14.2 Å². The molecule has 1 aromatic heterocycles. The Balaban J connectivity index is 2.71. The van der Waals surface area contributed by atoms with Gasteiger partial charge in [0, 0.05) is 12.1 Å². The largest absolute Gasteiger partial charge is 0.496 e. The number of nitrogens with two attached hydrogens (primary N) is 1. The van der Waals surface area contributed by atoms with Crippen molar-refractivity contribution >= 4 is 5.82 Å². The summed E-state index contributed by atoms with van der Waals surface area (Å²) < 4.78 is 15.8. The van der Waals surface area contributed by atoms with Crippen LogP contribution in [0.2, 0.25) is 0 Å². The zero-order chi connectivity index (χ0) is 13.8. The van der Waals surface area contributed by atoms with Gasteiger partial charge in [0.05, 0.1) is 26.9 Å². The molecule has 0 fully saturated rings. The number of ether oxygens (including phenoxy) is 3. The molecule has 0 unspecified atom stereocenters. The molecule has 0 saturated carbocycles. The highest BCUT2D eigenvalue weighted by atomic mass is 16.5. The zero-order valence-electron chi connectivity index (χ0n) is 10.9. The fraction of sp³-hybridized carbons (Fsp3) is 0.250. The lowest BCUT2D eigenvalue weighted by molar-refractivity contribution is 0.377. The molecular weight excluding hydrogens is 248 g/mol. The topological polar surface area (TPSA) is 92.4 Å². The van der Waals surface area contributed by atoms with Gasteiger partial charge in [0.1, 0.15) is 29.3 Å². The van der Waals surface area contributed by atoms with E-state index in [-0.39, 0.29) is 5.82 Å². The molecular formula is C12H14N4O3. The first kappa shape index (κ1) is 12.9. The predicted octanol–water partition coefficient (Wildman–Crippen LogP) is 1.15. The maximum Gasteiger partial charge on any atom is 0.154 e. The van der Waals surface area contributed by atoms with Crippen molar-refractivity contribution in [1.29, 1.82) is 0 Å². The first-order valence-corrected chi connectivity index (χ1v) is 5.44. The number of benzene rings is 1. The average molecular weight is 262 g/mol. The molecule has 0 aliphatic rings. The van der Waals surface area contributed by atoms with Crippen LogP contribution in [0.25, 0.3) is 11.3 Å². The molecule has 0 amide bonds. The van der Waals surface area contributed by atoms with Gasteiger partial charge in [-0.05, 0) is 0 Å². The molecule has 2 N–H and O–H groups in total. The van der Waals surface area contributed by atoms with Gasteiger partial charge in [-0.15, -0.1) is 10.2 Å². The van der Waals surface area contributed by atoms with E-state index in [9.17, 15) is 0 Å². The van der Waals surface area contributed by atoms with Crippen LogP contribution >= 0.6 is 0 Å². The van der Waals surface area contributed by atoms with E-state index < -0.39 is 0 Å². The van der Waals surface area contributed by atoms with Gasteiger partial charge in [0.25, 0.3) is 0 Å². The Morgan fingerprint density at radius 3 is 2.11 bits per heavy atom. The minimum absolute atomic E-state index is 0.247. The minimum Gasteiger partial charge on any atom is -0.496 e. The SMILES string of the molecule is COc1cc(OC)c(-c2nncnc2N)c(OC)c1. The van der Waals surface area contributed by atoms with Crippen LogP contribution in [0, 0.1) is 0 Å². The summed E-state index contributed by atoms with van der Waals surface area (Å²) in [4.78, 5) is 3.91. The van der Waals surface area contributed by atoms with Crippen molar-refractivity contribution in [3.05, 3.63) is 18.5 Å². The highest BCUT2D eigenvalue weighted by molar-refractivity contribution is 5.81. The number of rotatable bonds is 4. The molecule has 1 heterocycles. The zero-order valence-corrected chi connectivity index (χ0v) is 10.9. The predicted molar refractivity (Wildman–Crippen MR) is 69.3 cm³/mol. The first-order valence-electron chi connectivity index (χ1n) is 5.44. The third kappa shape index (κ3) is 2.35. The molecule has 0 aliphatic heterocycles. The molecule has 7 heteroatoms. The summed E-state index contributed by atoms with van der Waals surface area (Å²) in [5.74, 6) is 1.89. The van der Waals surface area contributed by atoms with E-state index in [2.05, 4.69) is 15.2 Å². The molecule has 100 valence electrons. The Morgan fingerprint density at radius 1 is 1.00 bits per heavy atom. The molecule has 0 aliphatic carbocycles. The quantitative estimate of drug-likeness (QED) is 0.883. The van der Waals surface area contributed by atoms with Gasteiger partial charge in [0.2, 0.25) is 0 Å². The first-order chi connectivity index (χ1) is 9.21. The fourth-order valence-electron chi connectivity index (χ4n) is 1.70. The molecule has 0 radical (unpaired) electrons. The minimum atomic E-state index is 0.247. The Kier molecular flexibility index (Phi) is 3.65. The fourth-order valence-corrected chi connectivity index (χ4v) is 1.70. The van der Waals surface area contributed by atoms with Crippen molar-refractivity contribution in [2.45, 2.75) is 0 Å². The molecule has 0 spiro atoms. The van der Waals surface area contributed by atoms with Gasteiger partial charge in [-0.1, -0.05) is 0 Å². The number of hydrogen-bond acceptors (Lipinski definition) is 7. The van der Waals surface area contributed by atoms with Gasteiger partial charge in [-0.2, -0.15) is 0 Å². The van der Waals surface area contributed by atoms with E-state index in [1.165, 1.54) is 20.5 Å². The van der Waals surface area contributed by atoms with Gasteiger partial charge in [0.15, 0.2) is 5.82 Å². The lowest BCUT2D eigenvalue weighted by Gasteiger charge is -2.14. The van der Waals surface area contributed by atoms with Crippen LogP contribution in [0.1, 0.15) is 0 Å². The third-order valence-corrected chi connectivity index (χ3v) is 2.60. The van der Waals surface area contributed by atoms with Crippen LogP contribution in [0.5, 0.6) is 17.2 Å². The molecule has 2 aromatic rings. The van der Waals surface area contributed by atoms with E-state index in [1.807, 2.05) is 0 Å². The number of methoxy groups -OCH3 is 3. The van der Waals surface area contributed by atoms with E-state index in [0.29, 0.717) is 28.5 Å². The van der Waals surface area contributed by atoms with Crippen LogP contribution in [0.15, 0.2) is 18.5 Å². The third-order valence-electron chi connectivity index (χ3n) is 2.60. The summed E-state index contributed by atoms with van der Waals surface area (Å²) in [5.41, 5.74) is 6.80. The van der Waals surface area contributed by atoms with Gasteiger partial charge in [-0.25, -0.2) is 4.98 Å². The second-order valence-electron chi connectivity index (χ2n) is 3.60. The van der Waals surface area contributed by atoms with Crippen molar-refractivity contribution in [2.75, 3.05) is 27.1 Å². The molecule has 7 nitrogen and oxygen atoms in total.